The highest BCUT2D eigenvalue weighted by Gasteiger charge is 2.70. The van der Waals surface area contributed by atoms with Gasteiger partial charge in [0.1, 0.15) is 17.2 Å². The molecule has 1 fully saturated rings. The first-order valence-corrected chi connectivity index (χ1v) is 14.2. The molecule has 1 aromatic heterocycles. The van der Waals surface area contributed by atoms with Crippen LogP contribution in [0.3, 0.4) is 0 Å². The van der Waals surface area contributed by atoms with E-state index in [2.05, 4.69) is 70.6 Å². The summed E-state index contributed by atoms with van der Waals surface area (Å²) < 4.78 is 6.11. The van der Waals surface area contributed by atoms with Crippen molar-refractivity contribution < 1.29 is 9.53 Å². The third-order valence-corrected chi connectivity index (χ3v) is 9.53. The smallest absolute Gasteiger partial charge is 0.272 e. The lowest BCUT2D eigenvalue weighted by atomic mass is 9.61. The Morgan fingerprint density at radius 1 is 0.846 bits per heavy atom. The first-order valence-electron chi connectivity index (χ1n) is 14.2. The highest BCUT2D eigenvalue weighted by atomic mass is 16.5. The molecule has 1 saturated heterocycles. The molecule has 0 spiro atoms. The van der Waals surface area contributed by atoms with Crippen LogP contribution in [0.2, 0.25) is 0 Å². The van der Waals surface area contributed by atoms with E-state index in [1.54, 1.807) is 0 Å². The normalized spacial score (nSPS) is 20.6. The number of para-hydroxylation sites is 2. The maximum absolute atomic E-state index is 13.9. The molecule has 0 bridgehead atoms. The van der Waals surface area contributed by atoms with E-state index in [1.807, 2.05) is 100 Å². The standard InChI is InChI=1S/C29H38N4O2.2C2H6/c1-26(2)27(3,4)33(9)28(5,6)29(26,7)32(8)25(34)23-19-22(30-31-23)21-17-13-14-18-24(21)35-20-15-11-10-12-16-20;2*1-2/h10-19H,1-9H3,(H,30,31);2*1-2H3. The van der Waals surface area contributed by atoms with E-state index in [9.17, 15) is 4.79 Å². The van der Waals surface area contributed by atoms with E-state index < -0.39 is 5.54 Å². The van der Waals surface area contributed by atoms with Crippen molar-refractivity contribution in [2.45, 2.75) is 92.8 Å². The molecule has 1 N–H and O–H groups in total. The Balaban J connectivity index is 0.00000127. The predicted molar refractivity (Wildman–Crippen MR) is 163 cm³/mol. The Hall–Kier alpha value is -3.12. The number of H-pyrrole nitrogens is 1. The summed E-state index contributed by atoms with van der Waals surface area (Å²) in [7, 11) is 4.07. The number of carbonyl (C=O) groups excluding carboxylic acids is 1. The summed E-state index contributed by atoms with van der Waals surface area (Å²) in [5.74, 6) is 1.35. The van der Waals surface area contributed by atoms with Crippen LogP contribution in [0.1, 0.15) is 86.6 Å². The minimum absolute atomic E-state index is 0.0834. The second-order valence-corrected chi connectivity index (χ2v) is 11.3. The van der Waals surface area contributed by atoms with Crippen LogP contribution in [-0.2, 0) is 0 Å². The van der Waals surface area contributed by atoms with Crippen molar-refractivity contribution >= 4 is 5.91 Å². The molecule has 0 saturated carbocycles. The lowest BCUT2D eigenvalue weighted by Crippen LogP contribution is -2.65. The molecule has 6 heteroatoms. The number of ether oxygens (including phenoxy) is 1. The zero-order chi connectivity index (χ0) is 29.8. The van der Waals surface area contributed by atoms with Gasteiger partial charge < -0.3 is 9.64 Å². The zero-order valence-corrected chi connectivity index (χ0v) is 26.4. The van der Waals surface area contributed by atoms with Gasteiger partial charge in [-0.1, -0.05) is 71.9 Å². The van der Waals surface area contributed by atoms with Crippen molar-refractivity contribution in [3.05, 3.63) is 66.4 Å². The van der Waals surface area contributed by atoms with Crippen LogP contribution in [0.25, 0.3) is 11.3 Å². The van der Waals surface area contributed by atoms with Crippen molar-refractivity contribution in [1.82, 2.24) is 20.0 Å². The van der Waals surface area contributed by atoms with Gasteiger partial charge in [-0.25, -0.2) is 0 Å². The summed E-state index contributed by atoms with van der Waals surface area (Å²) in [6.07, 6.45) is 0. The van der Waals surface area contributed by atoms with Crippen LogP contribution in [0.4, 0.5) is 0 Å². The number of rotatable bonds is 5. The molecule has 0 aliphatic carbocycles. The van der Waals surface area contributed by atoms with Gasteiger partial charge in [-0.2, -0.15) is 5.10 Å². The second kappa shape index (κ2) is 12.0. The SMILES string of the molecule is CC.CC.CN1C(C)(C)C(C)(C)C(C)(N(C)C(=O)c2cc(-c3ccccc3Oc3ccccc3)n[nH]2)C1(C)C. The van der Waals surface area contributed by atoms with Crippen LogP contribution >= 0.6 is 0 Å². The number of likely N-dealkylation sites (N-methyl/N-ethyl adjacent to an activating group) is 2. The highest BCUT2D eigenvalue weighted by Crippen LogP contribution is 2.60. The summed E-state index contributed by atoms with van der Waals surface area (Å²) in [6, 6.07) is 19.2. The molecular weight excluding hydrogens is 484 g/mol. The van der Waals surface area contributed by atoms with Crippen LogP contribution in [0.5, 0.6) is 11.5 Å². The molecule has 3 aromatic rings. The molecule has 2 aromatic carbocycles. The minimum atomic E-state index is -0.449. The van der Waals surface area contributed by atoms with Crippen molar-refractivity contribution in [3.8, 4) is 22.8 Å². The van der Waals surface area contributed by atoms with Crippen molar-refractivity contribution in [3.63, 3.8) is 0 Å². The maximum Gasteiger partial charge on any atom is 0.272 e. The molecule has 214 valence electrons. The lowest BCUT2D eigenvalue weighted by Gasteiger charge is -2.53. The largest absolute Gasteiger partial charge is 0.457 e. The molecule has 4 rings (SSSR count). The zero-order valence-electron chi connectivity index (χ0n) is 26.4. The van der Waals surface area contributed by atoms with Gasteiger partial charge in [-0.15, -0.1) is 0 Å². The summed E-state index contributed by atoms with van der Waals surface area (Å²) in [5.41, 5.74) is 0.924. The Morgan fingerprint density at radius 3 is 1.92 bits per heavy atom. The van der Waals surface area contributed by atoms with Crippen molar-refractivity contribution in [1.29, 1.82) is 0 Å². The maximum atomic E-state index is 13.9. The molecule has 0 radical (unpaired) electrons. The summed E-state index contributed by atoms with van der Waals surface area (Å²) >= 11 is 0. The third-order valence-electron chi connectivity index (χ3n) is 9.53. The van der Waals surface area contributed by atoms with E-state index in [0.717, 1.165) is 11.3 Å². The molecule has 6 nitrogen and oxygen atoms in total. The number of amides is 1. The number of hydrogen-bond acceptors (Lipinski definition) is 4. The fraction of sp³-hybridized carbons (Fsp3) is 0.515. The summed E-state index contributed by atoms with van der Waals surface area (Å²) in [4.78, 5) is 18.2. The fourth-order valence-corrected chi connectivity index (χ4v) is 5.97. The van der Waals surface area contributed by atoms with Gasteiger partial charge in [0.15, 0.2) is 0 Å². The van der Waals surface area contributed by atoms with E-state index in [0.29, 0.717) is 17.1 Å². The van der Waals surface area contributed by atoms with Gasteiger partial charge in [-0.05, 0) is 72.0 Å². The first kappa shape index (κ1) is 32.1. The molecule has 1 amide bonds. The van der Waals surface area contributed by atoms with E-state index in [4.69, 9.17) is 4.74 Å². The number of benzene rings is 2. The number of likely N-dealkylation sites (tertiary alicyclic amines) is 1. The molecule has 1 atom stereocenters. The van der Waals surface area contributed by atoms with Crippen LogP contribution in [0, 0.1) is 5.41 Å². The van der Waals surface area contributed by atoms with Crippen LogP contribution in [0.15, 0.2) is 60.7 Å². The Bertz CT molecular complexity index is 1230. The van der Waals surface area contributed by atoms with Crippen molar-refractivity contribution in [2.24, 2.45) is 5.41 Å². The summed E-state index contributed by atoms with van der Waals surface area (Å²) in [5, 5.41) is 7.49. The molecular formula is C33H50N4O2. The first-order chi connectivity index (χ1) is 18.3. The number of aromatic amines is 1. The van der Waals surface area contributed by atoms with E-state index in [-0.39, 0.29) is 22.4 Å². The van der Waals surface area contributed by atoms with Crippen LogP contribution < -0.4 is 4.74 Å². The molecule has 2 heterocycles. The van der Waals surface area contributed by atoms with Crippen molar-refractivity contribution in [2.75, 3.05) is 14.1 Å². The Labute approximate surface area is 236 Å². The topological polar surface area (TPSA) is 61.5 Å². The fourth-order valence-electron chi connectivity index (χ4n) is 5.97. The molecule has 39 heavy (non-hydrogen) atoms. The number of nitrogens with zero attached hydrogens (tertiary/aromatic N) is 3. The van der Waals surface area contributed by atoms with Gasteiger partial charge in [0.05, 0.1) is 11.2 Å². The second-order valence-electron chi connectivity index (χ2n) is 11.3. The quantitative estimate of drug-likeness (QED) is 0.358. The van der Waals surface area contributed by atoms with E-state index in [1.165, 1.54) is 0 Å². The average molecular weight is 535 g/mol. The predicted octanol–water partition coefficient (Wildman–Crippen LogP) is 8.28. The number of carbonyl (C=O) groups is 1. The average Bonchev–Trinajstić information content (AvgIpc) is 3.46. The molecule has 1 unspecified atom stereocenters. The molecule has 1 aliphatic rings. The third kappa shape index (κ3) is 5.11. The van der Waals surface area contributed by atoms with E-state index >= 15 is 0 Å². The molecule has 1 aliphatic heterocycles. The summed E-state index contributed by atoms with van der Waals surface area (Å²) in [6.45, 7) is 23.7. The van der Waals surface area contributed by atoms with Gasteiger partial charge in [0.2, 0.25) is 0 Å². The lowest BCUT2D eigenvalue weighted by molar-refractivity contribution is -0.00626. The Morgan fingerprint density at radius 2 is 1.38 bits per heavy atom. The number of aromatic nitrogens is 2. The van der Waals surface area contributed by atoms with Crippen LogP contribution in [-0.4, -0.2) is 56.6 Å². The van der Waals surface area contributed by atoms with Gasteiger partial charge in [0.25, 0.3) is 5.91 Å². The monoisotopic (exact) mass is 534 g/mol. The Kier molecular flexibility index (Phi) is 9.83. The van der Waals surface area contributed by atoms with Gasteiger partial charge >= 0.3 is 0 Å². The van der Waals surface area contributed by atoms with Gasteiger partial charge in [0, 0.05) is 29.1 Å². The number of hydrogen-bond donors (Lipinski definition) is 1. The minimum Gasteiger partial charge on any atom is -0.457 e. The number of nitrogens with one attached hydrogen (secondary N) is 1. The highest BCUT2D eigenvalue weighted by molar-refractivity contribution is 5.94. The van der Waals surface area contributed by atoms with Gasteiger partial charge in [-0.3, -0.25) is 14.8 Å².